The lowest BCUT2D eigenvalue weighted by Gasteiger charge is -2.07. The summed E-state index contributed by atoms with van der Waals surface area (Å²) >= 11 is 0. The molecule has 1 fully saturated rings. The van der Waals surface area contributed by atoms with Crippen LogP contribution < -0.4 is 5.32 Å². The van der Waals surface area contributed by atoms with Crippen molar-refractivity contribution in [3.63, 3.8) is 0 Å². The number of hydrogen-bond acceptors (Lipinski definition) is 5. The van der Waals surface area contributed by atoms with E-state index in [0.29, 0.717) is 12.2 Å². The number of amides is 1. The number of aromatic nitrogens is 3. The minimum Gasteiger partial charge on any atom is -0.345 e. The molecule has 8 heteroatoms. The fraction of sp³-hybridized carbons (Fsp3) is 0.700. The molecule has 0 radical (unpaired) electrons. The second-order valence-electron chi connectivity index (χ2n) is 4.77. The van der Waals surface area contributed by atoms with Crippen LogP contribution in [0, 0.1) is 0 Å². The van der Waals surface area contributed by atoms with Crippen molar-refractivity contribution >= 4 is 15.7 Å². The third kappa shape index (κ3) is 2.87. The molecular formula is C10H16N4O3S. The first kappa shape index (κ1) is 13.0. The van der Waals surface area contributed by atoms with Crippen LogP contribution in [0.2, 0.25) is 0 Å². The summed E-state index contributed by atoms with van der Waals surface area (Å²) in [5.41, 5.74) is 0. The highest BCUT2D eigenvalue weighted by atomic mass is 32.2. The molecule has 1 aromatic heterocycles. The molecule has 0 bridgehead atoms. The van der Waals surface area contributed by atoms with Crippen molar-refractivity contribution < 1.29 is 13.2 Å². The zero-order valence-electron chi connectivity index (χ0n) is 10.3. The molecule has 100 valence electrons. The van der Waals surface area contributed by atoms with Gasteiger partial charge < -0.3 is 5.32 Å². The van der Waals surface area contributed by atoms with Gasteiger partial charge in [-0.1, -0.05) is 13.8 Å². The van der Waals surface area contributed by atoms with Crippen molar-refractivity contribution in [3.05, 3.63) is 11.6 Å². The zero-order chi connectivity index (χ0) is 13.3. The molecule has 0 aromatic carbocycles. The van der Waals surface area contributed by atoms with E-state index in [1.54, 1.807) is 0 Å². The van der Waals surface area contributed by atoms with Crippen LogP contribution in [0.25, 0.3) is 0 Å². The normalized spacial score (nSPS) is 22.3. The average Bonchev–Trinajstić information content (AvgIpc) is 2.85. The molecule has 18 heavy (non-hydrogen) atoms. The average molecular weight is 272 g/mol. The largest absolute Gasteiger partial charge is 0.345 e. The Balaban J connectivity index is 2.00. The Hall–Kier alpha value is -1.44. The van der Waals surface area contributed by atoms with E-state index in [9.17, 15) is 13.2 Å². The van der Waals surface area contributed by atoms with Crippen molar-refractivity contribution in [3.8, 4) is 0 Å². The lowest BCUT2D eigenvalue weighted by atomic mass is 10.2. The van der Waals surface area contributed by atoms with Gasteiger partial charge >= 0.3 is 0 Å². The van der Waals surface area contributed by atoms with Gasteiger partial charge in [0.25, 0.3) is 5.91 Å². The second-order valence-corrected chi connectivity index (χ2v) is 7.00. The second kappa shape index (κ2) is 4.68. The number of carbonyl (C=O) groups excluding carboxylic acids is 1. The van der Waals surface area contributed by atoms with Gasteiger partial charge in [-0.2, -0.15) is 0 Å². The summed E-state index contributed by atoms with van der Waals surface area (Å²) in [5.74, 6) is 0.553. The first-order chi connectivity index (χ1) is 8.37. The molecule has 2 N–H and O–H groups in total. The third-order valence-corrected chi connectivity index (χ3v) is 4.59. The van der Waals surface area contributed by atoms with Crippen molar-refractivity contribution in [1.29, 1.82) is 0 Å². The molecule has 1 unspecified atom stereocenters. The lowest BCUT2D eigenvalue weighted by molar-refractivity contribution is 0.0931. The van der Waals surface area contributed by atoms with Gasteiger partial charge in [0.2, 0.25) is 5.82 Å². The van der Waals surface area contributed by atoms with E-state index in [4.69, 9.17) is 0 Å². The fourth-order valence-corrected chi connectivity index (χ4v) is 3.47. The van der Waals surface area contributed by atoms with E-state index in [1.165, 1.54) is 0 Å². The van der Waals surface area contributed by atoms with E-state index in [0.717, 1.165) is 0 Å². The number of hydrogen-bond donors (Lipinski definition) is 2. The molecule has 0 aliphatic carbocycles. The number of rotatable bonds is 3. The molecule has 1 aliphatic rings. The Kier molecular flexibility index (Phi) is 3.38. The van der Waals surface area contributed by atoms with Crippen LogP contribution in [-0.2, 0) is 9.84 Å². The minimum absolute atomic E-state index is 0.000199. The van der Waals surface area contributed by atoms with E-state index in [2.05, 4.69) is 20.5 Å². The van der Waals surface area contributed by atoms with Gasteiger partial charge in [-0.15, -0.1) is 5.10 Å². The van der Waals surface area contributed by atoms with Gasteiger partial charge in [0, 0.05) is 12.0 Å². The number of nitrogens with zero attached hydrogens (tertiary/aromatic N) is 2. The van der Waals surface area contributed by atoms with Crippen molar-refractivity contribution in [2.75, 3.05) is 11.5 Å². The molecule has 0 saturated carbocycles. The maximum absolute atomic E-state index is 11.8. The van der Waals surface area contributed by atoms with E-state index in [-0.39, 0.29) is 29.3 Å². The summed E-state index contributed by atoms with van der Waals surface area (Å²) in [6.45, 7) is 3.87. The monoisotopic (exact) mass is 272 g/mol. The number of aromatic amines is 1. The highest BCUT2D eigenvalue weighted by Crippen LogP contribution is 2.12. The first-order valence-corrected chi connectivity index (χ1v) is 7.63. The third-order valence-electron chi connectivity index (χ3n) is 2.82. The smallest absolute Gasteiger partial charge is 0.291 e. The summed E-state index contributed by atoms with van der Waals surface area (Å²) < 4.78 is 22.5. The van der Waals surface area contributed by atoms with Crippen LogP contribution in [0.5, 0.6) is 0 Å². The molecular weight excluding hydrogens is 256 g/mol. The zero-order valence-corrected chi connectivity index (χ0v) is 11.1. The number of sulfone groups is 1. The summed E-state index contributed by atoms with van der Waals surface area (Å²) in [5, 5.41) is 9.15. The van der Waals surface area contributed by atoms with Crippen LogP contribution >= 0.6 is 0 Å². The Labute approximate surface area is 105 Å². The van der Waals surface area contributed by atoms with Gasteiger partial charge in [-0.25, -0.2) is 13.4 Å². The Morgan fingerprint density at radius 2 is 2.22 bits per heavy atom. The highest BCUT2D eigenvalue weighted by Gasteiger charge is 2.29. The number of nitrogens with one attached hydrogen (secondary N) is 2. The van der Waals surface area contributed by atoms with E-state index >= 15 is 0 Å². The predicted molar refractivity (Wildman–Crippen MR) is 65.0 cm³/mol. The summed E-state index contributed by atoms with van der Waals surface area (Å²) in [6.07, 6.45) is 0.454. The van der Waals surface area contributed by atoms with Gasteiger partial charge in [0.05, 0.1) is 11.5 Å². The van der Waals surface area contributed by atoms with Crippen LogP contribution in [0.3, 0.4) is 0 Å². The molecule has 1 saturated heterocycles. The Bertz CT molecular complexity index is 549. The number of carbonyl (C=O) groups is 1. The standard InChI is InChI=1S/C10H16N4O3S/c1-6(2)8-12-9(14-13-8)10(15)11-7-3-4-18(16,17)5-7/h6-7H,3-5H2,1-2H3,(H,11,15)(H,12,13,14). The maximum atomic E-state index is 11.8. The highest BCUT2D eigenvalue weighted by molar-refractivity contribution is 7.91. The van der Waals surface area contributed by atoms with E-state index in [1.807, 2.05) is 13.8 Å². The summed E-state index contributed by atoms with van der Waals surface area (Å²) in [4.78, 5) is 15.9. The van der Waals surface area contributed by atoms with Gasteiger partial charge in [0.15, 0.2) is 9.84 Å². The van der Waals surface area contributed by atoms with Gasteiger partial charge in [-0.3, -0.25) is 9.89 Å². The first-order valence-electron chi connectivity index (χ1n) is 5.81. The van der Waals surface area contributed by atoms with Gasteiger partial charge in [0.1, 0.15) is 5.82 Å². The molecule has 1 atom stereocenters. The maximum Gasteiger partial charge on any atom is 0.291 e. The van der Waals surface area contributed by atoms with Crippen LogP contribution in [0.15, 0.2) is 0 Å². The SMILES string of the molecule is CC(C)c1nc(C(=O)NC2CCS(=O)(=O)C2)n[nH]1. The minimum atomic E-state index is -2.99. The van der Waals surface area contributed by atoms with Crippen LogP contribution in [0.4, 0.5) is 0 Å². The quantitative estimate of drug-likeness (QED) is 0.796. The van der Waals surface area contributed by atoms with Crippen molar-refractivity contribution in [2.45, 2.75) is 32.2 Å². The number of H-pyrrole nitrogens is 1. The van der Waals surface area contributed by atoms with Crippen LogP contribution in [-0.4, -0.2) is 47.1 Å². The molecule has 1 amide bonds. The van der Waals surface area contributed by atoms with Gasteiger partial charge in [-0.05, 0) is 6.42 Å². The topological polar surface area (TPSA) is 105 Å². The molecule has 7 nitrogen and oxygen atoms in total. The van der Waals surface area contributed by atoms with Crippen molar-refractivity contribution in [1.82, 2.24) is 20.5 Å². The fourth-order valence-electron chi connectivity index (χ4n) is 1.79. The molecule has 0 spiro atoms. The molecule has 2 rings (SSSR count). The summed E-state index contributed by atoms with van der Waals surface area (Å²) in [6, 6.07) is -0.330. The summed E-state index contributed by atoms with van der Waals surface area (Å²) in [7, 11) is -2.99. The molecule has 2 heterocycles. The van der Waals surface area contributed by atoms with Crippen molar-refractivity contribution in [2.24, 2.45) is 0 Å². The van der Waals surface area contributed by atoms with Crippen LogP contribution in [0.1, 0.15) is 42.6 Å². The Morgan fingerprint density at radius 3 is 2.72 bits per heavy atom. The molecule has 1 aromatic rings. The van der Waals surface area contributed by atoms with E-state index < -0.39 is 15.7 Å². The Morgan fingerprint density at radius 1 is 1.50 bits per heavy atom. The lowest BCUT2D eigenvalue weighted by Crippen LogP contribution is -2.36. The predicted octanol–water partition coefficient (Wildman–Crippen LogP) is -0.155. The molecule has 1 aliphatic heterocycles.